The standard InChI is InChI=1S/C11H6Cl2N4O2S/c12-9-5-8(2-1-7(9)6-14)20(18,19)17-11-4-3-10(13)15-16-11/h1-5H,(H,16,17). The molecule has 20 heavy (non-hydrogen) atoms. The second-order valence-corrected chi connectivity index (χ2v) is 6.08. The Kier molecular flexibility index (Phi) is 4.09. The highest BCUT2D eigenvalue weighted by atomic mass is 35.5. The summed E-state index contributed by atoms with van der Waals surface area (Å²) in [5.41, 5.74) is 0.192. The van der Waals surface area contributed by atoms with Crippen LogP contribution >= 0.6 is 23.2 Å². The molecule has 0 unspecified atom stereocenters. The average Bonchev–Trinajstić information content (AvgIpc) is 2.41. The van der Waals surface area contributed by atoms with Gasteiger partial charge in [-0.15, -0.1) is 10.2 Å². The van der Waals surface area contributed by atoms with Crippen molar-refractivity contribution in [3.8, 4) is 6.07 Å². The van der Waals surface area contributed by atoms with Crippen molar-refractivity contribution in [3.63, 3.8) is 0 Å². The van der Waals surface area contributed by atoms with E-state index in [-0.39, 0.29) is 26.5 Å². The first-order chi connectivity index (χ1) is 9.42. The van der Waals surface area contributed by atoms with E-state index in [1.54, 1.807) is 0 Å². The Hall–Kier alpha value is -1.88. The summed E-state index contributed by atoms with van der Waals surface area (Å²) in [6.07, 6.45) is 0. The molecule has 0 atom stereocenters. The highest BCUT2D eigenvalue weighted by molar-refractivity contribution is 7.92. The Morgan fingerprint density at radius 1 is 1.15 bits per heavy atom. The SMILES string of the molecule is N#Cc1ccc(S(=O)(=O)Nc2ccc(Cl)nn2)cc1Cl. The molecule has 0 aliphatic rings. The van der Waals surface area contributed by atoms with Crippen LogP contribution in [0, 0.1) is 11.3 Å². The first-order valence-electron chi connectivity index (χ1n) is 5.14. The normalized spacial score (nSPS) is 10.8. The molecule has 1 heterocycles. The lowest BCUT2D eigenvalue weighted by Crippen LogP contribution is -2.14. The molecular formula is C11H6Cl2N4O2S. The molecule has 1 aromatic carbocycles. The van der Waals surface area contributed by atoms with Crippen molar-refractivity contribution in [2.24, 2.45) is 0 Å². The highest BCUT2D eigenvalue weighted by Crippen LogP contribution is 2.21. The van der Waals surface area contributed by atoms with E-state index in [1.807, 2.05) is 6.07 Å². The molecular weight excluding hydrogens is 323 g/mol. The third-order valence-corrected chi connectivity index (χ3v) is 4.11. The van der Waals surface area contributed by atoms with Gasteiger partial charge in [0.2, 0.25) is 0 Å². The number of nitriles is 1. The maximum atomic E-state index is 12.1. The number of halogens is 2. The first kappa shape index (κ1) is 14.5. The van der Waals surface area contributed by atoms with E-state index in [0.717, 1.165) is 0 Å². The summed E-state index contributed by atoms with van der Waals surface area (Å²) in [5.74, 6) is 0.0230. The Morgan fingerprint density at radius 3 is 2.45 bits per heavy atom. The van der Waals surface area contributed by atoms with Gasteiger partial charge >= 0.3 is 0 Å². The van der Waals surface area contributed by atoms with Crippen LogP contribution < -0.4 is 4.72 Å². The van der Waals surface area contributed by atoms with Gasteiger partial charge in [0.25, 0.3) is 10.0 Å². The fourth-order valence-electron chi connectivity index (χ4n) is 1.32. The van der Waals surface area contributed by atoms with Crippen LogP contribution in [0.15, 0.2) is 35.2 Å². The monoisotopic (exact) mass is 328 g/mol. The maximum Gasteiger partial charge on any atom is 0.263 e. The van der Waals surface area contributed by atoms with E-state index in [4.69, 9.17) is 28.5 Å². The topological polar surface area (TPSA) is 95.7 Å². The number of nitrogens with zero attached hydrogens (tertiary/aromatic N) is 3. The van der Waals surface area contributed by atoms with Gasteiger partial charge in [-0.3, -0.25) is 4.72 Å². The van der Waals surface area contributed by atoms with Crippen molar-refractivity contribution < 1.29 is 8.42 Å². The molecule has 2 aromatic rings. The lowest BCUT2D eigenvalue weighted by Gasteiger charge is -2.07. The number of nitrogens with one attached hydrogen (secondary N) is 1. The van der Waals surface area contributed by atoms with E-state index < -0.39 is 10.0 Å². The molecule has 0 saturated carbocycles. The van der Waals surface area contributed by atoms with Crippen LogP contribution in [-0.2, 0) is 10.0 Å². The van der Waals surface area contributed by atoms with E-state index in [9.17, 15) is 8.42 Å². The van der Waals surface area contributed by atoms with Gasteiger partial charge in [-0.05, 0) is 30.3 Å². The zero-order chi connectivity index (χ0) is 14.8. The Bertz CT molecular complexity index is 785. The van der Waals surface area contributed by atoms with Crippen molar-refractivity contribution in [1.82, 2.24) is 10.2 Å². The number of sulfonamides is 1. The molecule has 102 valence electrons. The molecule has 2 rings (SSSR count). The van der Waals surface area contributed by atoms with E-state index in [1.165, 1.54) is 30.3 Å². The lowest BCUT2D eigenvalue weighted by molar-refractivity contribution is 0.601. The van der Waals surface area contributed by atoms with Crippen LogP contribution in [0.3, 0.4) is 0 Å². The van der Waals surface area contributed by atoms with Gasteiger partial charge in [-0.25, -0.2) is 8.42 Å². The minimum Gasteiger partial charge on any atom is -0.262 e. The minimum absolute atomic E-state index is 0.0230. The number of benzene rings is 1. The summed E-state index contributed by atoms with van der Waals surface area (Å²) in [4.78, 5) is -0.0850. The fourth-order valence-corrected chi connectivity index (χ4v) is 2.73. The third kappa shape index (κ3) is 3.17. The summed E-state index contributed by atoms with van der Waals surface area (Å²) < 4.78 is 26.4. The molecule has 0 aliphatic heterocycles. The molecule has 1 aromatic heterocycles. The summed E-state index contributed by atoms with van der Waals surface area (Å²) in [7, 11) is -3.86. The van der Waals surface area contributed by atoms with Gasteiger partial charge in [0, 0.05) is 0 Å². The van der Waals surface area contributed by atoms with Gasteiger partial charge in [-0.2, -0.15) is 5.26 Å². The van der Waals surface area contributed by atoms with Crippen LogP contribution in [0.2, 0.25) is 10.2 Å². The second-order valence-electron chi connectivity index (χ2n) is 3.60. The first-order valence-corrected chi connectivity index (χ1v) is 7.38. The molecule has 0 radical (unpaired) electrons. The third-order valence-electron chi connectivity index (χ3n) is 2.24. The predicted molar refractivity (Wildman–Crippen MR) is 74.0 cm³/mol. The molecule has 6 nitrogen and oxygen atoms in total. The smallest absolute Gasteiger partial charge is 0.262 e. The number of hydrogen-bond donors (Lipinski definition) is 1. The zero-order valence-electron chi connectivity index (χ0n) is 9.71. The van der Waals surface area contributed by atoms with Crippen molar-refractivity contribution >= 4 is 39.0 Å². The molecule has 0 saturated heterocycles. The highest BCUT2D eigenvalue weighted by Gasteiger charge is 2.16. The number of anilines is 1. The van der Waals surface area contributed by atoms with Gasteiger partial charge in [0.05, 0.1) is 15.5 Å². The van der Waals surface area contributed by atoms with Crippen molar-refractivity contribution in [2.75, 3.05) is 4.72 Å². The van der Waals surface area contributed by atoms with E-state index in [2.05, 4.69) is 14.9 Å². The number of aromatic nitrogens is 2. The van der Waals surface area contributed by atoms with Crippen molar-refractivity contribution in [3.05, 3.63) is 46.1 Å². The lowest BCUT2D eigenvalue weighted by atomic mass is 10.2. The van der Waals surface area contributed by atoms with E-state index in [0.29, 0.717) is 0 Å². The largest absolute Gasteiger partial charge is 0.263 e. The Balaban J connectivity index is 2.33. The van der Waals surface area contributed by atoms with Crippen LogP contribution in [0.1, 0.15) is 5.56 Å². The van der Waals surface area contributed by atoms with Crippen molar-refractivity contribution in [1.29, 1.82) is 5.26 Å². The number of hydrogen-bond acceptors (Lipinski definition) is 5. The average molecular weight is 329 g/mol. The van der Waals surface area contributed by atoms with Crippen LogP contribution in [0.5, 0.6) is 0 Å². The van der Waals surface area contributed by atoms with Gasteiger partial charge in [0.15, 0.2) is 11.0 Å². The second kappa shape index (κ2) is 5.63. The molecule has 9 heteroatoms. The summed E-state index contributed by atoms with van der Waals surface area (Å²) in [6.45, 7) is 0. The van der Waals surface area contributed by atoms with Gasteiger partial charge < -0.3 is 0 Å². The van der Waals surface area contributed by atoms with Gasteiger partial charge in [-0.1, -0.05) is 23.2 Å². The molecule has 0 aliphatic carbocycles. The molecule has 0 bridgehead atoms. The molecule has 0 spiro atoms. The molecule has 0 amide bonds. The zero-order valence-corrected chi connectivity index (χ0v) is 12.0. The fraction of sp³-hybridized carbons (Fsp3) is 0. The van der Waals surface area contributed by atoms with Crippen molar-refractivity contribution in [2.45, 2.75) is 4.90 Å². The van der Waals surface area contributed by atoms with Crippen LogP contribution in [0.25, 0.3) is 0 Å². The summed E-state index contributed by atoms with van der Waals surface area (Å²) in [6, 6.07) is 8.40. The quantitative estimate of drug-likeness (QED) is 0.933. The summed E-state index contributed by atoms with van der Waals surface area (Å²) in [5, 5.41) is 16.1. The maximum absolute atomic E-state index is 12.1. The van der Waals surface area contributed by atoms with E-state index >= 15 is 0 Å². The summed E-state index contributed by atoms with van der Waals surface area (Å²) >= 11 is 11.4. The minimum atomic E-state index is -3.86. The predicted octanol–water partition coefficient (Wildman–Crippen LogP) is 2.46. The Labute approximate surface area is 125 Å². The van der Waals surface area contributed by atoms with Gasteiger partial charge in [0.1, 0.15) is 6.07 Å². The van der Waals surface area contributed by atoms with Crippen LogP contribution in [0.4, 0.5) is 5.82 Å². The Morgan fingerprint density at radius 2 is 1.90 bits per heavy atom. The molecule has 0 fully saturated rings. The molecule has 1 N–H and O–H groups in total. The number of rotatable bonds is 3. The van der Waals surface area contributed by atoms with Crippen LogP contribution in [-0.4, -0.2) is 18.6 Å².